The Morgan fingerprint density at radius 1 is 1.19 bits per heavy atom. The smallest absolute Gasteiger partial charge is 0.165 e. The molecule has 9 rings (SSSR count). The van der Waals surface area contributed by atoms with Crippen LogP contribution >= 0.6 is 0 Å². The number of benzene rings is 1. The van der Waals surface area contributed by atoms with Crippen molar-refractivity contribution in [3.8, 4) is 11.5 Å². The van der Waals surface area contributed by atoms with Gasteiger partial charge in [0.15, 0.2) is 11.5 Å². The molecule has 170 valence electrons. The Hall–Kier alpha value is -1.56. The van der Waals surface area contributed by atoms with E-state index in [2.05, 4.69) is 23.1 Å². The van der Waals surface area contributed by atoms with Gasteiger partial charge in [0.1, 0.15) is 11.7 Å². The first-order valence-corrected chi connectivity index (χ1v) is 12.7. The van der Waals surface area contributed by atoms with E-state index in [1.54, 1.807) is 0 Å². The summed E-state index contributed by atoms with van der Waals surface area (Å²) in [5.74, 6) is 1.81. The Kier molecular flexibility index (Phi) is 3.27. The third-order valence-electron chi connectivity index (χ3n) is 11.1. The molecule has 4 fully saturated rings. The van der Waals surface area contributed by atoms with Crippen LogP contribution in [0.1, 0.15) is 56.1 Å². The second-order valence-corrected chi connectivity index (χ2v) is 11.9. The van der Waals surface area contributed by atoms with Crippen molar-refractivity contribution in [3.63, 3.8) is 0 Å². The van der Waals surface area contributed by atoms with Gasteiger partial charge in [0.05, 0.1) is 11.5 Å². The van der Waals surface area contributed by atoms with Crippen LogP contribution in [0.15, 0.2) is 24.3 Å². The predicted octanol–water partition coefficient (Wildman–Crippen LogP) is 3.31. The number of piperidine rings is 1. The molecule has 5 nitrogen and oxygen atoms in total. The molecule has 1 aromatic carbocycles. The summed E-state index contributed by atoms with van der Waals surface area (Å²) in [6.45, 7) is 2.29. The molecule has 0 unspecified atom stereocenters. The van der Waals surface area contributed by atoms with Gasteiger partial charge in [-0.2, -0.15) is 0 Å². The van der Waals surface area contributed by atoms with Crippen molar-refractivity contribution in [2.45, 2.75) is 80.6 Å². The summed E-state index contributed by atoms with van der Waals surface area (Å²) < 4.78 is 13.3. The second kappa shape index (κ2) is 5.56. The van der Waals surface area contributed by atoms with Crippen molar-refractivity contribution in [2.75, 3.05) is 20.2 Å². The lowest BCUT2D eigenvalue weighted by Crippen LogP contribution is -2.82. The average molecular weight is 436 g/mol. The molecular formula is C27H33NO4. The number of aliphatic hydroxyl groups is 1. The highest BCUT2D eigenvalue weighted by atomic mass is 16.6. The number of hydrogen-bond acceptors (Lipinski definition) is 5. The largest absolute Gasteiger partial charge is 0.504 e. The minimum atomic E-state index is -0.659. The van der Waals surface area contributed by atoms with E-state index in [0.29, 0.717) is 11.8 Å². The van der Waals surface area contributed by atoms with Gasteiger partial charge in [-0.25, -0.2) is 0 Å². The lowest BCUT2D eigenvalue weighted by Gasteiger charge is -2.74. The molecule has 0 radical (unpaired) electrons. The molecule has 3 spiro atoms. The first-order valence-electron chi connectivity index (χ1n) is 12.7. The van der Waals surface area contributed by atoms with Crippen LogP contribution in [0, 0.1) is 16.7 Å². The second-order valence-electron chi connectivity index (χ2n) is 11.9. The Balaban J connectivity index is 1.43. The zero-order valence-corrected chi connectivity index (χ0v) is 18.8. The van der Waals surface area contributed by atoms with Crippen LogP contribution in [0.25, 0.3) is 0 Å². The van der Waals surface area contributed by atoms with Crippen molar-refractivity contribution in [1.82, 2.24) is 4.90 Å². The maximum atomic E-state index is 11.5. The topological polar surface area (TPSA) is 62.2 Å². The maximum absolute atomic E-state index is 11.5. The van der Waals surface area contributed by atoms with Crippen LogP contribution in [-0.4, -0.2) is 59.2 Å². The number of aliphatic hydroxyl groups excluding tert-OH is 1. The molecule has 7 atom stereocenters. The van der Waals surface area contributed by atoms with Gasteiger partial charge in [0, 0.05) is 36.1 Å². The van der Waals surface area contributed by atoms with Crippen molar-refractivity contribution in [1.29, 1.82) is 0 Å². The summed E-state index contributed by atoms with van der Waals surface area (Å²) in [5, 5.41) is 22.4. The average Bonchev–Trinajstić information content (AvgIpc) is 3.43. The summed E-state index contributed by atoms with van der Waals surface area (Å²) in [6, 6.07) is 4.39. The molecule has 32 heavy (non-hydrogen) atoms. The number of hydrogen-bond donors (Lipinski definition) is 2. The third-order valence-corrected chi connectivity index (χ3v) is 11.1. The number of likely N-dealkylation sites (tertiary alicyclic amines) is 1. The van der Waals surface area contributed by atoms with E-state index in [-0.39, 0.29) is 34.2 Å². The van der Waals surface area contributed by atoms with Gasteiger partial charge in [-0.05, 0) is 69.0 Å². The molecule has 2 aliphatic heterocycles. The maximum Gasteiger partial charge on any atom is 0.165 e. The molecule has 4 bridgehead atoms. The normalized spacial score (nSPS) is 49.5. The third kappa shape index (κ3) is 1.72. The highest BCUT2D eigenvalue weighted by Gasteiger charge is 2.83. The number of ether oxygens (including phenoxy) is 2. The van der Waals surface area contributed by atoms with E-state index in [1.807, 2.05) is 13.2 Å². The van der Waals surface area contributed by atoms with E-state index in [9.17, 15) is 10.2 Å². The summed E-state index contributed by atoms with van der Waals surface area (Å²) in [5.41, 5.74) is 1.37. The molecule has 2 heterocycles. The predicted molar refractivity (Wildman–Crippen MR) is 119 cm³/mol. The number of rotatable bonds is 3. The lowest BCUT2D eigenvalue weighted by molar-refractivity contribution is -0.268. The highest BCUT2D eigenvalue weighted by molar-refractivity contribution is 5.65. The highest BCUT2D eigenvalue weighted by Crippen LogP contribution is 2.78. The van der Waals surface area contributed by atoms with E-state index in [1.165, 1.54) is 30.5 Å². The Labute approximate surface area is 189 Å². The summed E-state index contributed by atoms with van der Waals surface area (Å²) in [4.78, 5) is 2.79. The van der Waals surface area contributed by atoms with E-state index in [0.717, 1.165) is 51.0 Å². The molecule has 2 N–H and O–H groups in total. The van der Waals surface area contributed by atoms with E-state index >= 15 is 0 Å². The van der Waals surface area contributed by atoms with Crippen molar-refractivity contribution in [3.05, 3.63) is 35.4 Å². The Morgan fingerprint density at radius 2 is 2.06 bits per heavy atom. The summed E-state index contributed by atoms with van der Waals surface area (Å²) >= 11 is 0. The molecule has 6 aliphatic carbocycles. The quantitative estimate of drug-likeness (QED) is 0.714. The monoisotopic (exact) mass is 435 g/mol. The standard InChI is InChI=1S/C27H33NO4/c1-31-27-10-9-24(15-25(27)8-2-3-20(25)30)19-13-17-6-7-18(29)22-21(17)26(24,23(27)32-22)11-12-28(19)14-16-4-5-16/h6-7,9-10,16,19-20,23,29-30H,2-5,8,11-15H2,1H3/t19-,20-,23-,24+,25-,26+,27+/m1/s1. The van der Waals surface area contributed by atoms with Crippen LogP contribution in [0.4, 0.5) is 0 Å². The van der Waals surface area contributed by atoms with Gasteiger partial charge >= 0.3 is 0 Å². The molecule has 0 amide bonds. The number of methoxy groups -OCH3 is 1. The zero-order valence-electron chi connectivity index (χ0n) is 18.8. The SMILES string of the molecule is CO[C@]12C=C[C@]3(C[C@@]14CCC[C@H]4O)[C@H]1Cc4ccc(O)c5c4[C@@]3(CCN1CC1CC1)[C@H]2O5. The zero-order chi connectivity index (χ0) is 21.5. The molecule has 1 saturated heterocycles. The fourth-order valence-electron chi connectivity index (χ4n) is 9.76. The minimum absolute atomic E-state index is 0.0809. The Bertz CT molecular complexity index is 1070. The van der Waals surface area contributed by atoms with Crippen LogP contribution in [0.5, 0.6) is 11.5 Å². The molecule has 5 heteroatoms. The molecule has 1 aromatic rings. The Morgan fingerprint density at radius 3 is 2.81 bits per heavy atom. The number of nitrogens with zero attached hydrogens (tertiary/aromatic N) is 1. The summed E-state index contributed by atoms with van der Waals surface area (Å²) in [7, 11) is 1.81. The van der Waals surface area contributed by atoms with Crippen LogP contribution in [-0.2, 0) is 16.6 Å². The molecular weight excluding hydrogens is 402 g/mol. The number of phenolic OH excluding ortho intramolecular Hbond substituents is 1. The molecule has 0 aromatic heterocycles. The van der Waals surface area contributed by atoms with E-state index < -0.39 is 5.60 Å². The fraction of sp³-hybridized carbons (Fsp3) is 0.704. The number of phenols is 1. The first-order chi connectivity index (χ1) is 15.5. The first kappa shape index (κ1) is 18.8. The van der Waals surface area contributed by atoms with Gasteiger partial charge in [-0.1, -0.05) is 24.6 Å². The van der Waals surface area contributed by atoms with Crippen LogP contribution < -0.4 is 4.74 Å². The van der Waals surface area contributed by atoms with Crippen molar-refractivity contribution < 1.29 is 19.7 Å². The van der Waals surface area contributed by atoms with Crippen molar-refractivity contribution in [2.24, 2.45) is 16.7 Å². The van der Waals surface area contributed by atoms with Gasteiger partial charge in [-0.15, -0.1) is 0 Å². The van der Waals surface area contributed by atoms with Gasteiger partial charge < -0.3 is 19.7 Å². The van der Waals surface area contributed by atoms with E-state index in [4.69, 9.17) is 9.47 Å². The fourth-order valence-corrected chi connectivity index (χ4v) is 9.76. The lowest BCUT2D eigenvalue weighted by atomic mass is 9.33. The molecule has 8 aliphatic rings. The molecule has 3 saturated carbocycles. The van der Waals surface area contributed by atoms with Gasteiger partial charge in [-0.3, -0.25) is 4.90 Å². The van der Waals surface area contributed by atoms with Gasteiger partial charge in [0.2, 0.25) is 0 Å². The minimum Gasteiger partial charge on any atom is -0.504 e. The van der Waals surface area contributed by atoms with Crippen LogP contribution in [0.3, 0.4) is 0 Å². The van der Waals surface area contributed by atoms with Crippen molar-refractivity contribution >= 4 is 0 Å². The number of aromatic hydroxyl groups is 1. The van der Waals surface area contributed by atoms with Gasteiger partial charge in [0.25, 0.3) is 0 Å². The van der Waals surface area contributed by atoms with Crippen LogP contribution in [0.2, 0.25) is 0 Å². The summed E-state index contributed by atoms with van der Waals surface area (Å²) in [6.07, 6.45) is 12.8.